The predicted molar refractivity (Wildman–Crippen MR) is 124 cm³/mol. The molecule has 5 nitrogen and oxygen atoms in total. The Labute approximate surface area is 213 Å². The van der Waals surface area contributed by atoms with E-state index in [1.807, 2.05) is 48.5 Å². The van der Waals surface area contributed by atoms with E-state index in [2.05, 4.69) is 5.32 Å². The molecule has 1 aliphatic carbocycles. The topological polar surface area (TPSA) is 75.6 Å². The fourth-order valence-electron chi connectivity index (χ4n) is 4.58. The first kappa shape index (κ1) is 27.0. The molecule has 3 aromatic rings. The molecule has 1 atom stereocenters. The van der Waals surface area contributed by atoms with Gasteiger partial charge in [-0.3, -0.25) is 0 Å². The van der Waals surface area contributed by atoms with Crippen LogP contribution in [0.3, 0.4) is 0 Å². The Morgan fingerprint density at radius 1 is 0.842 bits per heavy atom. The molecule has 3 aromatic carbocycles. The van der Waals surface area contributed by atoms with Gasteiger partial charge in [0.1, 0.15) is 12.6 Å². The van der Waals surface area contributed by atoms with Crippen LogP contribution >= 0.6 is 0 Å². The predicted octanol–water partition coefficient (Wildman–Crippen LogP) is 6.65. The first-order valence-electron chi connectivity index (χ1n) is 11.5. The van der Waals surface area contributed by atoms with Crippen LogP contribution in [-0.2, 0) is 28.3 Å². The van der Waals surface area contributed by atoms with Crippen LogP contribution in [0.4, 0.5) is 31.1 Å². The third-order valence-corrected chi connectivity index (χ3v) is 6.35. The number of halogens is 6. The number of carboxylic acids is 1. The summed E-state index contributed by atoms with van der Waals surface area (Å²) in [6, 6.07) is 15.1. The van der Waals surface area contributed by atoms with Crippen molar-refractivity contribution in [2.45, 2.75) is 37.2 Å². The SMILES string of the molecule is O=C(N[C@@H](CCc1ccc(C(F)(F)F)c(C(F)(F)F)c1)C(=O)O)OCC1c2ccccc2-c2ccccc21. The number of carbonyl (C=O) groups excluding carboxylic acids is 1. The van der Waals surface area contributed by atoms with E-state index in [1.54, 1.807) is 0 Å². The summed E-state index contributed by atoms with van der Waals surface area (Å²) >= 11 is 0. The number of benzene rings is 3. The summed E-state index contributed by atoms with van der Waals surface area (Å²) in [7, 11) is 0. The largest absolute Gasteiger partial charge is 0.480 e. The van der Waals surface area contributed by atoms with Crippen LogP contribution in [-0.4, -0.2) is 29.8 Å². The second kappa shape index (κ2) is 10.4. The molecule has 1 aliphatic rings. The quantitative estimate of drug-likeness (QED) is 0.331. The molecular weight excluding hydrogens is 516 g/mol. The van der Waals surface area contributed by atoms with Crippen LogP contribution in [0.1, 0.15) is 40.2 Å². The van der Waals surface area contributed by atoms with Gasteiger partial charge in [-0.15, -0.1) is 0 Å². The van der Waals surface area contributed by atoms with Crippen molar-refractivity contribution in [2.24, 2.45) is 0 Å². The normalized spacial score (nSPS) is 13.9. The van der Waals surface area contributed by atoms with Gasteiger partial charge >= 0.3 is 24.4 Å². The molecule has 0 bridgehead atoms. The van der Waals surface area contributed by atoms with Gasteiger partial charge in [0.25, 0.3) is 0 Å². The molecule has 0 spiro atoms. The number of aryl methyl sites for hydroxylation is 1. The van der Waals surface area contributed by atoms with Crippen molar-refractivity contribution in [3.05, 3.63) is 94.5 Å². The molecule has 2 N–H and O–H groups in total. The van der Waals surface area contributed by atoms with Crippen molar-refractivity contribution in [2.75, 3.05) is 6.61 Å². The molecule has 0 saturated carbocycles. The summed E-state index contributed by atoms with van der Waals surface area (Å²) < 4.78 is 83.8. The Balaban J connectivity index is 1.41. The van der Waals surface area contributed by atoms with E-state index in [-0.39, 0.29) is 30.9 Å². The van der Waals surface area contributed by atoms with Crippen LogP contribution in [0.2, 0.25) is 0 Å². The molecule has 4 rings (SSSR count). The molecule has 11 heteroatoms. The van der Waals surface area contributed by atoms with E-state index in [0.29, 0.717) is 12.1 Å². The smallest absolute Gasteiger partial charge is 0.417 e. The summed E-state index contributed by atoms with van der Waals surface area (Å²) in [4.78, 5) is 24.1. The highest BCUT2D eigenvalue weighted by Gasteiger charge is 2.43. The third kappa shape index (κ3) is 5.76. The summed E-state index contributed by atoms with van der Waals surface area (Å²) in [6.07, 6.45) is -12.2. The van der Waals surface area contributed by atoms with E-state index in [1.165, 1.54) is 0 Å². The number of rotatable bonds is 7. The second-order valence-electron chi connectivity index (χ2n) is 8.77. The van der Waals surface area contributed by atoms with Gasteiger partial charge < -0.3 is 15.2 Å². The van der Waals surface area contributed by atoms with Crippen molar-refractivity contribution in [3.8, 4) is 11.1 Å². The average molecular weight is 537 g/mol. The molecule has 0 unspecified atom stereocenters. The fourth-order valence-corrected chi connectivity index (χ4v) is 4.58. The fraction of sp³-hybridized carbons (Fsp3) is 0.259. The monoisotopic (exact) mass is 537 g/mol. The van der Waals surface area contributed by atoms with Gasteiger partial charge in [-0.25, -0.2) is 9.59 Å². The second-order valence-corrected chi connectivity index (χ2v) is 8.77. The van der Waals surface area contributed by atoms with Crippen molar-refractivity contribution in [1.29, 1.82) is 0 Å². The molecule has 0 radical (unpaired) electrons. The third-order valence-electron chi connectivity index (χ3n) is 6.35. The summed E-state index contributed by atoms with van der Waals surface area (Å²) in [5.74, 6) is -1.74. The van der Waals surface area contributed by atoms with E-state index in [4.69, 9.17) is 4.74 Å². The van der Waals surface area contributed by atoms with Gasteiger partial charge in [0.2, 0.25) is 0 Å². The van der Waals surface area contributed by atoms with E-state index in [9.17, 15) is 41.0 Å². The number of fused-ring (bicyclic) bond motifs is 3. The van der Waals surface area contributed by atoms with Crippen LogP contribution in [0.5, 0.6) is 0 Å². The van der Waals surface area contributed by atoms with Crippen LogP contribution in [0, 0.1) is 0 Å². The first-order chi connectivity index (χ1) is 17.9. The van der Waals surface area contributed by atoms with E-state index in [0.717, 1.165) is 28.3 Å². The number of carbonyl (C=O) groups is 2. The zero-order chi connectivity index (χ0) is 27.7. The standard InChI is InChI=1S/C27H21F6NO4/c28-26(29,30)21-11-9-15(13-22(21)27(31,32)33)10-12-23(24(35)36)34-25(37)38-14-20-18-7-3-1-5-16(18)17-6-2-4-8-19(17)20/h1-9,11,13,20,23H,10,12,14H2,(H,34,37)(H,35,36)/t23-/m0/s1. The maximum absolute atomic E-state index is 13.2. The minimum absolute atomic E-state index is 0.0833. The minimum atomic E-state index is -5.26. The van der Waals surface area contributed by atoms with Gasteiger partial charge in [-0.05, 0) is 52.8 Å². The highest BCUT2D eigenvalue weighted by atomic mass is 19.4. The van der Waals surface area contributed by atoms with Crippen molar-refractivity contribution in [1.82, 2.24) is 5.32 Å². The Hall–Kier alpha value is -4.02. The molecule has 0 fully saturated rings. The van der Waals surface area contributed by atoms with Crippen LogP contribution in [0.15, 0.2) is 66.7 Å². The molecule has 0 aliphatic heterocycles. The zero-order valence-electron chi connectivity index (χ0n) is 19.6. The van der Waals surface area contributed by atoms with Crippen molar-refractivity contribution >= 4 is 12.1 Å². The number of amides is 1. The lowest BCUT2D eigenvalue weighted by atomic mass is 9.98. The number of alkyl halides is 6. The van der Waals surface area contributed by atoms with E-state index >= 15 is 0 Å². The Bertz CT molecular complexity index is 1310. The first-order valence-corrected chi connectivity index (χ1v) is 11.5. The number of aliphatic carboxylic acids is 1. The van der Waals surface area contributed by atoms with Gasteiger partial charge in [0.05, 0.1) is 11.1 Å². The summed E-state index contributed by atoms with van der Waals surface area (Å²) in [5, 5.41) is 11.7. The highest BCUT2D eigenvalue weighted by Crippen LogP contribution is 2.44. The number of hydrogen-bond donors (Lipinski definition) is 2. The average Bonchev–Trinajstić information content (AvgIpc) is 3.17. The molecule has 0 heterocycles. The summed E-state index contributed by atoms with van der Waals surface area (Å²) in [5.41, 5.74) is 0.0220. The Kier molecular flexibility index (Phi) is 7.39. The van der Waals surface area contributed by atoms with Crippen LogP contribution < -0.4 is 5.32 Å². The highest BCUT2D eigenvalue weighted by molar-refractivity contribution is 5.81. The molecule has 0 aromatic heterocycles. The van der Waals surface area contributed by atoms with Crippen molar-refractivity contribution in [3.63, 3.8) is 0 Å². The number of carboxylic acid groups (broad SMARTS) is 1. The van der Waals surface area contributed by atoms with E-state index < -0.39 is 41.6 Å². The minimum Gasteiger partial charge on any atom is -0.480 e. The maximum Gasteiger partial charge on any atom is 0.417 e. The molecule has 38 heavy (non-hydrogen) atoms. The van der Waals surface area contributed by atoms with Gasteiger partial charge in [-0.2, -0.15) is 26.3 Å². The zero-order valence-corrected chi connectivity index (χ0v) is 19.6. The number of alkyl carbamates (subject to hydrolysis) is 1. The lowest BCUT2D eigenvalue weighted by Crippen LogP contribution is -2.41. The number of hydrogen-bond acceptors (Lipinski definition) is 3. The van der Waals surface area contributed by atoms with Gasteiger partial charge in [0, 0.05) is 5.92 Å². The van der Waals surface area contributed by atoms with Gasteiger partial charge in [-0.1, -0.05) is 54.6 Å². The molecule has 1 amide bonds. The van der Waals surface area contributed by atoms with Gasteiger partial charge in [0.15, 0.2) is 0 Å². The Morgan fingerprint density at radius 2 is 1.39 bits per heavy atom. The van der Waals surface area contributed by atoms with Crippen molar-refractivity contribution < 1.29 is 45.8 Å². The molecule has 200 valence electrons. The lowest BCUT2D eigenvalue weighted by Gasteiger charge is -2.19. The molecule has 0 saturated heterocycles. The Morgan fingerprint density at radius 3 is 1.92 bits per heavy atom. The maximum atomic E-state index is 13.2. The lowest BCUT2D eigenvalue weighted by molar-refractivity contribution is -0.162. The number of nitrogens with one attached hydrogen (secondary N) is 1. The molecular formula is C27H21F6NO4. The number of ether oxygens (including phenoxy) is 1. The summed E-state index contributed by atoms with van der Waals surface area (Å²) in [6.45, 7) is -0.0833. The van der Waals surface area contributed by atoms with Crippen LogP contribution in [0.25, 0.3) is 11.1 Å².